The highest BCUT2D eigenvalue weighted by Crippen LogP contribution is 2.22. The lowest BCUT2D eigenvalue weighted by Gasteiger charge is -2.30. The molecule has 142 valence electrons. The van der Waals surface area contributed by atoms with Crippen molar-refractivity contribution in [1.29, 1.82) is 0 Å². The van der Waals surface area contributed by atoms with Crippen molar-refractivity contribution in [3.8, 4) is 0 Å². The van der Waals surface area contributed by atoms with Crippen LogP contribution >= 0.6 is 0 Å². The van der Waals surface area contributed by atoms with Gasteiger partial charge in [0.25, 0.3) is 0 Å². The maximum Gasteiger partial charge on any atom is 0.229 e. The van der Waals surface area contributed by atoms with Gasteiger partial charge < -0.3 is 25.4 Å². The molecule has 3 rings (SSSR count). The van der Waals surface area contributed by atoms with E-state index in [1.54, 1.807) is 4.90 Å². The van der Waals surface area contributed by atoms with Crippen LogP contribution in [0.3, 0.4) is 0 Å². The summed E-state index contributed by atoms with van der Waals surface area (Å²) in [6.45, 7) is 4.78. The summed E-state index contributed by atoms with van der Waals surface area (Å²) in [5, 5.41) is 17.1. The fraction of sp³-hybridized carbons (Fsp3) is 0.579. The number of aliphatic hydroxyl groups is 1. The van der Waals surface area contributed by atoms with Gasteiger partial charge >= 0.3 is 0 Å². The molecule has 1 aromatic rings. The van der Waals surface area contributed by atoms with Gasteiger partial charge in [0, 0.05) is 51.3 Å². The Hall–Kier alpha value is -2.12. The summed E-state index contributed by atoms with van der Waals surface area (Å²) in [5.41, 5.74) is 0.114. The number of hydrogen-bond acceptors (Lipinski definition) is 4. The Balaban J connectivity index is 1.61. The molecule has 0 saturated carbocycles. The number of anilines is 1. The first-order chi connectivity index (χ1) is 12.6. The number of nitrogens with one attached hydrogen (secondary N) is 2. The summed E-state index contributed by atoms with van der Waals surface area (Å²) >= 11 is 0. The van der Waals surface area contributed by atoms with Crippen molar-refractivity contribution in [2.24, 2.45) is 4.99 Å². The maximum absolute atomic E-state index is 12.4. The van der Waals surface area contributed by atoms with E-state index in [9.17, 15) is 9.90 Å². The van der Waals surface area contributed by atoms with Crippen molar-refractivity contribution < 1.29 is 14.6 Å². The van der Waals surface area contributed by atoms with Crippen LogP contribution < -0.4 is 15.5 Å². The van der Waals surface area contributed by atoms with E-state index in [-0.39, 0.29) is 11.9 Å². The number of carbonyl (C=O) groups is 1. The van der Waals surface area contributed by atoms with Gasteiger partial charge in [0.15, 0.2) is 5.96 Å². The molecule has 2 aliphatic heterocycles. The third-order valence-electron chi connectivity index (χ3n) is 4.83. The fourth-order valence-corrected chi connectivity index (χ4v) is 3.31. The fourth-order valence-electron chi connectivity index (χ4n) is 3.31. The molecule has 7 nitrogen and oxygen atoms in total. The highest BCUT2D eigenvalue weighted by atomic mass is 16.5. The second-order valence-corrected chi connectivity index (χ2v) is 6.92. The van der Waals surface area contributed by atoms with Crippen LogP contribution in [0.5, 0.6) is 0 Å². The lowest BCUT2D eigenvalue weighted by Crippen LogP contribution is -2.46. The minimum Gasteiger partial charge on any atom is -0.388 e. The first-order valence-electron chi connectivity index (χ1n) is 9.30. The normalized spacial score (nSPS) is 23.2. The molecule has 2 aliphatic rings. The van der Waals surface area contributed by atoms with Crippen molar-refractivity contribution in [1.82, 2.24) is 10.6 Å². The minimum absolute atomic E-state index is 0.00941. The van der Waals surface area contributed by atoms with Gasteiger partial charge in [-0.2, -0.15) is 0 Å². The Morgan fingerprint density at radius 3 is 2.77 bits per heavy atom. The maximum atomic E-state index is 12.4. The van der Waals surface area contributed by atoms with Gasteiger partial charge in [0.1, 0.15) is 0 Å². The zero-order valence-corrected chi connectivity index (χ0v) is 15.3. The first kappa shape index (κ1) is 18.7. The van der Waals surface area contributed by atoms with Gasteiger partial charge in [-0.15, -0.1) is 0 Å². The second-order valence-electron chi connectivity index (χ2n) is 6.92. The smallest absolute Gasteiger partial charge is 0.229 e. The van der Waals surface area contributed by atoms with Crippen molar-refractivity contribution in [2.75, 3.05) is 37.7 Å². The van der Waals surface area contributed by atoms with Gasteiger partial charge in [0.05, 0.1) is 18.2 Å². The molecule has 3 N–H and O–H groups in total. The summed E-state index contributed by atoms with van der Waals surface area (Å²) in [4.78, 5) is 18.7. The van der Waals surface area contributed by atoms with Crippen LogP contribution in [-0.4, -0.2) is 61.5 Å². The van der Waals surface area contributed by atoms with Crippen molar-refractivity contribution in [3.05, 3.63) is 30.3 Å². The van der Waals surface area contributed by atoms with Crippen LogP contribution in [0.25, 0.3) is 0 Å². The van der Waals surface area contributed by atoms with Crippen LogP contribution in [-0.2, 0) is 9.53 Å². The Kier molecular flexibility index (Phi) is 6.11. The summed E-state index contributed by atoms with van der Waals surface area (Å²) < 4.78 is 5.31. The number of ether oxygens (including phenoxy) is 1. The van der Waals surface area contributed by atoms with Crippen molar-refractivity contribution in [2.45, 2.75) is 37.8 Å². The summed E-state index contributed by atoms with van der Waals surface area (Å²) in [6.07, 6.45) is 1.62. The summed E-state index contributed by atoms with van der Waals surface area (Å²) in [5.74, 6) is 0.743. The second kappa shape index (κ2) is 8.51. The first-order valence-corrected chi connectivity index (χ1v) is 9.30. The molecule has 2 heterocycles. The Morgan fingerprint density at radius 2 is 2.08 bits per heavy atom. The molecule has 7 heteroatoms. The van der Waals surface area contributed by atoms with E-state index in [4.69, 9.17) is 4.74 Å². The molecule has 0 spiro atoms. The summed E-state index contributed by atoms with van der Waals surface area (Å²) in [6, 6.07) is 9.69. The van der Waals surface area contributed by atoms with Gasteiger partial charge in [-0.25, -0.2) is 0 Å². The third kappa shape index (κ3) is 4.74. The van der Waals surface area contributed by atoms with Crippen LogP contribution in [0, 0.1) is 0 Å². The number of rotatable bonds is 5. The van der Waals surface area contributed by atoms with E-state index in [1.165, 1.54) is 0 Å². The largest absolute Gasteiger partial charge is 0.388 e. The number of carbonyl (C=O) groups excluding carboxylic acids is 1. The van der Waals surface area contributed by atoms with Crippen LogP contribution in [0.15, 0.2) is 35.3 Å². The molecule has 2 fully saturated rings. The lowest BCUT2D eigenvalue weighted by molar-refractivity contribution is -0.117. The van der Waals surface area contributed by atoms with Crippen LogP contribution in [0.4, 0.5) is 5.69 Å². The third-order valence-corrected chi connectivity index (χ3v) is 4.83. The average Bonchev–Trinajstić information content (AvgIpc) is 3.02. The SMILES string of the molecule is CCNC(=NCC1(O)CCOCC1)NC1CC(=O)N(c2ccccc2)C1. The minimum atomic E-state index is -0.803. The quantitative estimate of drug-likeness (QED) is 0.536. The number of benzene rings is 1. The van der Waals surface area contributed by atoms with E-state index < -0.39 is 5.60 Å². The van der Waals surface area contributed by atoms with Crippen molar-refractivity contribution in [3.63, 3.8) is 0 Å². The number of aliphatic imine (C=N–C) groups is 1. The molecule has 2 saturated heterocycles. The average molecular weight is 360 g/mol. The van der Waals surface area contributed by atoms with Crippen LogP contribution in [0.2, 0.25) is 0 Å². The predicted octanol–water partition coefficient (Wildman–Crippen LogP) is 0.889. The molecule has 26 heavy (non-hydrogen) atoms. The molecule has 1 aromatic carbocycles. The highest BCUT2D eigenvalue weighted by molar-refractivity contribution is 5.97. The van der Waals surface area contributed by atoms with Gasteiger partial charge in [0.2, 0.25) is 5.91 Å². The van der Waals surface area contributed by atoms with Gasteiger partial charge in [-0.3, -0.25) is 9.79 Å². The zero-order chi connectivity index (χ0) is 18.4. The molecule has 1 atom stereocenters. The molecular formula is C19H28N4O3. The van der Waals surface area contributed by atoms with E-state index in [1.807, 2.05) is 37.3 Å². The molecule has 0 aromatic heterocycles. The topological polar surface area (TPSA) is 86.2 Å². The molecule has 0 radical (unpaired) electrons. The van der Waals surface area contributed by atoms with Gasteiger partial charge in [-0.05, 0) is 19.1 Å². The Morgan fingerprint density at radius 1 is 1.35 bits per heavy atom. The zero-order valence-electron chi connectivity index (χ0n) is 15.3. The number of nitrogens with zero attached hydrogens (tertiary/aromatic N) is 2. The Labute approximate surface area is 154 Å². The van der Waals surface area contributed by atoms with E-state index >= 15 is 0 Å². The Bertz CT molecular complexity index is 629. The molecule has 0 bridgehead atoms. The predicted molar refractivity (Wildman–Crippen MR) is 101 cm³/mol. The molecule has 0 aliphatic carbocycles. The van der Waals surface area contributed by atoms with Crippen LogP contribution in [0.1, 0.15) is 26.2 Å². The molecular weight excluding hydrogens is 332 g/mol. The lowest BCUT2D eigenvalue weighted by atomic mass is 9.95. The number of amides is 1. The number of hydrogen-bond donors (Lipinski definition) is 3. The van der Waals surface area contributed by atoms with Gasteiger partial charge in [-0.1, -0.05) is 18.2 Å². The van der Waals surface area contributed by atoms with E-state index in [0.29, 0.717) is 51.5 Å². The molecule has 1 unspecified atom stereocenters. The molecule has 1 amide bonds. The number of guanidine groups is 1. The summed E-state index contributed by atoms with van der Waals surface area (Å²) in [7, 11) is 0. The van der Waals surface area contributed by atoms with E-state index in [2.05, 4.69) is 15.6 Å². The highest BCUT2D eigenvalue weighted by Gasteiger charge is 2.32. The van der Waals surface area contributed by atoms with E-state index in [0.717, 1.165) is 12.2 Å². The van der Waals surface area contributed by atoms with Crippen molar-refractivity contribution >= 4 is 17.6 Å². The monoisotopic (exact) mass is 360 g/mol. The number of para-hydroxylation sites is 1. The standard InChI is InChI=1S/C19H28N4O3/c1-2-20-18(21-14-19(25)8-10-26-11-9-19)22-15-12-17(24)23(13-15)16-6-4-3-5-7-16/h3-7,15,25H,2,8-14H2,1H3,(H2,20,21,22).